The van der Waals surface area contributed by atoms with E-state index in [1.54, 1.807) is 12.1 Å². The van der Waals surface area contributed by atoms with E-state index in [2.05, 4.69) is 5.32 Å². The van der Waals surface area contributed by atoms with Crippen LogP contribution in [-0.4, -0.2) is 61.0 Å². The Labute approximate surface area is 163 Å². The molecule has 2 aliphatic rings. The Morgan fingerprint density at radius 1 is 1.07 bits per heavy atom. The summed E-state index contributed by atoms with van der Waals surface area (Å²) in [6, 6.07) is 4.21. The zero-order valence-electron chi connectivity index (χ0n) is 15.9. The van der Waals surface area contributed by atoms with Crippen LogP contribution in [0.15, 0.2) is 18.2 Å². The number of piperidine rings is 1. The van der Waals surface area contributed by atoms with Gasteiger partial charge in [0.1, 0.15) is 6.04 Å². The summed E-state index contributed by atoms with van der Waals surface area (Å²) in [4.78, 5) is 50.2. The van der Waals surface area contributed by atoms with E-state index in [4.69, 9.17) is 9.47 Å². The van der Waals surface area contributed by atoms with Gasteiger partial charge in [-0.2, -0.15) is 0 Å². The molecule has 8 heteroatoms. The highest BCUT2D eigenvalue weighted by Gasteiger charge is 2.45. The van der Waals surface area contributed by atoms with Crippen LogP contribution in [0.25, 0.3) is 0 Å². The molecule has 1 aromatic carbocycles. The second-order valence-corrected chi connectivity index (χ2v) is 6.70. The molecule has 3 rings (SSSR count). The van der Waals surface area contributed by atoms with Crippen LogP contribution in [0.3, 0.4) is 0 Å². The van der Waals surface area contributed by atoms with E-state index in [0.717, 1.165) is 10.5 Å². The van der Waals surface area contributed by atoms with Crippen molar-refractivity contribution < 1.29 is 28.7 Å². The maximum atomic E-state index is 13.0. The van der Waals surface area contributed by atoms with E-state index in [0.29, 0.717) is 50.4 Å². The summed E-state index contributed by atoms with van der Waals surface area (Å²) < 4.78 is 10.7. The number of amides is 4. The van der Waals surface area contributed by atoms with Crippen molar-refractivity contribution in [3.63, 3.8) is 0 Å². The molecule has 4 amide bonds. The van der Waals surface area contributed by atoms with Crippen molar-refractivity contribution in [1.82, 2.24) is 10.2 Å². The summed E-state index contributed by atoms with van der Waals surface area (Å²) in [5.74, 6) is -1.94. The van der Waals surface area contributed by atoms with Crippen LogP contribution >= 0.6 is 0 Å². The van der Waals surface area contributed by atoms with E-state index >= 15 is 0 Å². The van der Waals surface area contributed by atoms with Gasteiger partial charge >= 0.3 is 0 Å². The Morgan fingerprint density at radius 3 is 2.61 bits per heavy atom. The Morgan fingerprint density at radius 2 is 1.86 bits per heavy atom. The van der Waals surface area contributed by atoms with Gasteiger partial charge in [0.25, 0.3) is 11.8 Å². The van der Waals surface area contributed by atoms with Gasteiger partial charge in [0.2, 0.25) is 11.8 Å². The number of nitrogens with zero attached hydrogens (tertiary/aromatic N) is 1. The average Bonchev–Trinajstić information content (AvgIpc) is 2.93. The molecule has 0 bridgehead atoms. The molecule has 1 fully saturated rings. The predicted octanol–water partition coefficient (Wildman–Crippen LogP) is 1.07. The van der Waals surface area contributed by atoms with Gasteiger partial charge in [-0.3, -0.25) is 29.4 Å². The predicted molar refractivity (Wildman–Crippen MR) is 98.7 cm³/mol. The Kier molecular flexibility index (Phi) is 6.53. The molecular formula is C20H24N2O6. The van der Waals surface area contributed by atoms with E-state index in [1.165, 1.54) is 0 Å². The second-order valence-electron chi connectivity index (χ2n) is 6.70. The fourth-order valence-corrected chi connectivity index (χ4v) is 3.52. The number of hydrogen-bond donors (Lipinski definition) is 1. The molecule has 2 heterocycles. The molecule has 0 saturated carbocycles. The zero-order chi connectivity index (χ0) is 20.1. The monoisotopic (exact) mass is 388 g/mol. The maximum absolute atomic E-state index is 13.0. The lowest BCUT2D eigenvalue weighted by molar-refractivity contribution is -0.136. The maximum Gasteiger partial charge on any atom is 0.262 e. The van der Waals surface area contributed by atoms with Crippen LogP contribution in [0.4, 0.5) is 0 Å². The third-order valence-electron chi connectivity index (χ3n) is 4.87. The molecule has 1 unspecified atom stereocenters. The van der Waals surface area contributed by atoms with Gasteiger partial charge in [-0.1, -0.05) is 12.1 Å². The van der Waals surface area contributed by atoms with Crippen molar-refractivity contribution in [2.75, 3.05) is 26.4 Å². The summed E-state index contributed by atoms with van der Waals surface area (Å²) in [6.07, 6.45) is 1.54. The molecule has 2 aliphatic heterocycles. The topological polar surface area (TPSA) is 102 Å². The molecule has 1 N–H and O–H groups in total. The molecule has 1 aromatic rings. The normalized spacial score (nSPS) is 19.2. The molecular weight excluding hydrogens is 364 g/mol. The number of fused-ring (bicyclic) bond motifs is 1. The summed E-state index contributed by atoms with van der Waals surface area (Å²) in [6.45, 7) is 4.16. The first kappa shape index (κ1) is 20.2. The van der Waals surface area contributed by atoms with Gasteiger partial charge in [-0.05, 0) is 37.8 Å². The first-order valence-electron chi connectivity index (χ1n) is 9.53. The fourth-order valence-electron chi connectivity index (χ4n) is 3.52. The van der Waals surface area contributed by atoms with Gasteiger partial charge in [0.05, 0.1) is 24.3 Å². The Hall–Kier alpha value is -2.58. The van der Waals surface area contributed by atoms with Gasteiger partial charge in [0, 0.05) is 19.6 Å². The molecule has 1 atom stereocenters. The lowest BCUT2D eigenvalue weighted by atomic mass is 9.99. The van der Waals surface area contributed by atoms with Crippen LogP contribution in [0.5, 0.6) is 0 Å². The van der Waals surface area contributed by atoms with Crippen LogP contribution in [0.1, 0.15) is 52.5 Å². The number of rotatable bonds is 9. The number of aryl methyl sites for hydroxylation is 1. The minimum absolute atomic E-state index is 0.107. The van der Waals surface area contributed by atoms with E-state index in [1.807, 2.05) is 13.0 Å². The lowest BCUT2D eigenvalue weighted by Crippen LogP contribution is -2.54. The Bertz CT molecular complexity index is 791. The highest BCUT2D eigenvalue weighted by Crippen LogP contribution is 2.30. The fraction of sp³-hybridized carbons (Fsp3) is 0.500. The minimum Gasteiger partial charge on any atom is -0.379 e. The molecule has 8 nitrogen and oxygen atoms in total. The molecule has 150 valence electrons. The van der Waals surface area contributed by atoms with Gasteiger partial charge < -0.3 is 9.47 Å². The van der Waals surface area contributed by atoms with E-state index < -0.39 is 23.8 Å². The molecule has 0 spiro atoms. The van der Waals surface area contributed by atoms with E-state index in [-0.39, 0.29) is 18.7 Å². The third kappa shape index (κ3) is 4.13. The molecule has 0 radical (unpaired) electrons. The summed E-state index contributed by atoms with van der Waals surface area (Å²) in [5.41, 5.74) is 1.43. The van der Waals surface area contributed by atoms with Crippen molar-refractivity contribution >= 4 is 23.6 Å². The minimum atomic E-state index is -0.945. The first-order valence-corrected chi connectivity index (χ1v) is 9.53. The SMILES string of the molecule is CCOCCOCCCc1cccc2c1C(=O)N(C1CCC(=O)NC1=O)C2=O. The molecule has 0 aromatic heterocycles. The molecule has 0 aliphatic carbocycles. The smallest absolute Gasteiger partial charge is 0.262 e. The standard InChI is InChI=1S/C20H24N2O6/c1-2-27-11-12-28-10-4-6-13-5-3-7-14-17(13)20(26)22(19(14)25)15-8-9-16(23)21-18(15)24/h3,5,7,15H,2,4,6,8-12H2,1H3,(H,21,23,24). The second kappa shape index (κ2) is 9.07. The molecule has 28 heavy (non-hydrogen) atoms. The number of carbonyl (C=O) groups is 4. The number of nitrogens with one attached hydrogen (secondary N) is 1. The summed E-state index contributed by atoms with van der Waals surface area (Å²) >= 11 is 0. The number of benzene rings is 1. The van der Waals surface area contributed by atoms with E-state index in [9.17, 15) is 19.2 Å². The number of ether oxygens (including phenoxy) is 2. The van der Waals surface area contributed by atoms with Crippen molar-refractivity contribution in [1.29, 1.82) is 0 Å². The van der Waals surface area contributed by atoms with Crippen LogP contribution < -0.4 is 5.32 Å². The highest BCUT2D eigenvalue weighted by molar-refractivity contribution is 6.24. The highest BCUT2D eigenvalue weighted by atomic mass is 16.5. The van der Waals surface area contributed by atoms with Gasteiger partial charge in [-0.15, -0.1) is 0 Å². The number of carbonyl (C=O) groups excluding carboxylic acids is 4. The van der Waals surface area contributed by atoms with Crippen LogP contribution in [0, 0.1) is 0 Å². The third-order valence-corrected chi connectivity index (χ3v) is 4.87. The van der Waals surface area contributed by atoms with Crippen molar-refractivity contribution in [3.8, 4) is 0 Å². The van der Waals surface area contributed by atoms with Crippen molar-refractivity contribution in [2.24, 2.45) is 0 Å². The summed E-state index contributed by atoms with van der Waals surface area (Å²) in [5, 5.41) is 2.20. The quantitative estimate of drug-likeness (QED) is 0.502. The van der Waals surface area contributed by atoms with Crippen molar-refractivity contribution in [2.45, 2.75) is 38.6 Å². The van der Waals surface area contributed by atoms with Crippen LogP contribution in [-0.2, 0) is 25.5 Å². The zero-order valence-corrected chi connectivity index (χ0v) is 15.9. The first-order chi connectivity index (χ1) is 13.5. The number of hydrogen-bond acceptors (Lipinski definition) is 6. The lowest BCUT2D eigenvalue weighted by Gasteiger charge is -2.27. The Balaban J connectivity index is 1.66. The largest absolute Gasteiger partial charge is 0.379 e. The van der Waals surface area contributed by atoms with Crippen molar-refractivity contribution in [3.05, 3.63) is 34.9 Å². The summed E-state index contributed by atoms with van der Waals surface area (Å²) in [7, 11) is 0. The average molecular weight is 388 g/mol. The number of imide groups is 2. The van der Waals surface area contributed by atoms with Gasteiger partial charge in [-0.25, -0.2) is 0 Å². The molecule has 1 saturated heterocycles. The van der Waals surface area contributed by atoms with Gasteiger partial charge in [0.15, 0.2) is 0 Å². The van der Waals surface area contributed by atoms with Crippen LogP contribution in [0.2, 0.25) is 0 Å².